The van der Waals surface area contributed by atoms with Crippen LogP contribution in [0.3, 0.4) is 0 Å². The van der Waals surface area contributed by atoms with Gasteiger partial charge in [0, 0.05) is 12.3 Å². The minimum Gasteiger partial charge on any atom is -0.424 e. The Bertz CT molecular complexity index is 530. The SMILES string of the molecule is CC(=O)Oc1cn(N=O)c2ccccc12. The second-order valence-corrected chi connectivity index (χ2v) is 3.03. The first-order valence-corrected chi connectivity index (χ1v) is 4.34. The molecule has 0 unspecified atom stereocenters. The van der Waals surface area contributed by atoms with Gasteiger partial charge in [0.1, 0.15) is 0 Å². The van der Waals surface area contributed by atoms with Gasteiger partial charge in [-0.05, 0) is 12.1 Å². The van der Waals surface area contributed by atoms with Gasteiger partial charge in [-0.1, -0.05) is 12.1 Å². The summed E-state index contributed by atoms with van der Waals surface area (Å²) < 4.78 is 6.08. The molecule has 5 nitrogen and oxygen atoms in total. The normalized spacial score (nSPS) is 10.2. The van der Waals surface area contributed by atoms with E-state index in [0.29, 0.717) is 16.7 Å². The molecule has 0 N–H and O–H groups in total. The summed E-state index contributed by atoms with van der Waals surface area (Å²) in [4.78, 5) is 21.3. The fourth-order valence-corrected chi connectivity index (χ4v) is 1.44. The topological polar surface area (TPSA) is 60.7 Å². The van der Waals surface area contributed by atoms with Crippen LogP contribution in [-0.4, -0.2) is 10.6 Å². The van der Waals surface area contributed by atoms with Crippen molar-refractivity contribution in [2.24, 2.45) is 5.29 Å². The predicted octanol–water partition coefficient (Wildman–Crippen LogP) is 2.10. The van der Waals surface area contributed by atoms with Crippen molar-refractivity contribution in [2.45, 2.75) is 6.92 Å². The molecule has 0 radical (unpaired) electrons. The van der Waals surface area contributed by atoms with Crippen LogP contribution in [0.2, 0.25) is 0 Å². The lowest BCUT2D eigenvalue weighted by molar-refractivity contribution is -0.131. The maximum absolute atomic E-state index is 10.8. The van der Waals surface area contributed by atoms with Crippen LogP contribution in [0.5, 0.6) is 5.75 Å². The predicted molar refractivity (Wildman–Crippen MR) is 54.4 cm³/mol. The van der Waals surface area contributed by atoms with E-state index >= 15 is 0 Å². The number of hydrogen-bond acceptors (Lipinski definition) is 4. The van der Waals surface area contributed by atoms with Gasteiger partial charge in [-0.15, -0.1) is 4.91 Å². The van der Waals surface area contributed by atoms with E-state index < -0.39 is 5.97 Å². The standard InChI is InChI=1S/C10H8N2O3/c1-7(13)15-10-6-12(11-14)9-5-3-2-4-8(9)10/h2-6H,1H3. The highest BCUT2D eigenvalue weighted by Gasteiger charge is 2.10. The van der Waals surface area contributed by atoms with E-state index in [9.17, 15) is 9.70 Å². The molecule has 0 aliphatic carbocycles. The number of carbonyl (C=O) groups is 1. The van der Waals surface area contributed by atoms with Gasteiger partial charge in [0.25, 0.3) is 0 Å². The first-order chi connectivity index (χ1) is 7.22. The van der Waals surface area contributed by atoms with Crippen LogP contribution >= 0.6 is 0 Å². The molecule has 2 aromatic rings. The lowest BCUT2D eigenvalue weighted by atomic mass is 10.2. The molecule has 0 atom stereocenters. The number of hydrogen-bond donors (Lipinski definition) is 0. The molecule has 1 aromatic heterocycles. The fourth-order valence-electron chi connectivity index (χ4n) is 1.44. The van der Waals surface area contributed by atoms with Crippen LogP contribution in [0.15, 0.2) is 35.7 Å². The zero-order chi connectivity index (χ0) is 10.8. The number of aromatic nitrogens is 1. The molecule has 0 spiro atoms. The molecule has 0 saturated heterocycles. The largest absolute Gasteiger partial charge is 0.424 e. The van der Waals surface area contributed by atoms with E-state index in [1.165, 1.54) is 13.1 Å². The lowest BCUT2D eigenvalue weighted by Crippen LogP contribution is -2.00. The Morgan fingerprint density at radius 1 is 1.40 bits per heavy atom. The van der Waals surface area contributed by atoms with Crippen molar-refractivity contribution in [3.63, 3.8) is 0 Å². The monoisotopic (exact) mass is 204 g/mol. The van der Waals surface area contributed by atoms with Crippen molar-refractivity contribution in [2.75, 3.05) is 0 Å². The smallest absolute Gasteiger partial charge is 0.308 e. The molecule has 0 bridgehead atoms. The van der Waals surface area contributed by atoms with Crippen molar-refractivity contribution < 1.29 is 9.53 Å². The number of fused-ring (bicyclic) bond motifs is 1. The van der Waals surface area contributed by atoms with Gasteiger partial charge in [0.15, 0.2) is 5.75 Å². The molecular weight excluding hydrogens is 196 g/mol. The van der Waals surface area contributed by atoms with Crippen LogP contribution in [0.1, 0.15) is 6.92 Å². The van der Waals surface area contributed by atoms with Crippen LogP contribution in [-0.2, 0) is 4.79 Å². The molecule has 76 valence electrons. The van der Waals surface area contributed by atoms with Crippen molar-refractivity contribution in [3.8, 4) is 5.75 Å². The molecule has 2 rings (SSSR count). The highest BCUT2D eigenvalue weighted by Crippen LogP contribution is 2.27. The van der Waals surface area contributed by atoms with Crippen molar-refractivity contribution in [1.29, 1.82) is 0 Å². The molecule has 1 aromatic carbocycles. The van der Waals surface area contributed by atoms with Gasteiger partial charge in [0.2, 0.25) is 0 Å². The summed E-state index contributed by atoms with van der Waals surface area (Å²) >= 11 is 0. The maximum Gasteiger partial charge on any atom is 0.308 e. The first-order valence-electron chi connectivity index (χ1n) is 4.34. The number of esters is 1. The van der Waals surface area contributed by atoms with Gasteiger partial charge in [-0.25, -0.2) is 4.68 Å². The molecular formula is C10H8N2O3. The summed E-state index contributed by atoms with van der Waals surface area (Å²) in [5.74, 6) is -0.0819. The number of nitrogens with zero attached hydrogens (tertiary/aromatic N) is 2. The third-order valence-electron chi connectivity index (χ3n) is 2.00. The van der Waals surface area contributed by atoms with E-state index in [0.717, 1.165) is 4.68 Å². The Hall–Kier alpha value is -2.17. The van der Waals surface area contributed by atoms with Crippen LogP contribution in [0.25, 0.3) is 10.9 Å². The number of ether oxygens (including phenoxy) is 1. The van der Waals surface area contributed by atoms with Gasteiger partial charge in [-0.3, -0.25) is 4.79 Å². The highest BCUT2D eigenvalue weighted by atomic mass is 16.5. The van der Waals surface area contributed by atoms with Gasteiger partial charge in [-0.2, -0.15) is 0 Å². The summed E-state index contributed by atoms with van der Waals surface area (Å²) in [6, 6.07) is 7.06. The molecule has 1 heterocycles. The fraction of sp³-hybridized carbons (Fsp3) is 0.100. The second-order valence-electron chi connectivity index (χ2n) is 3.03. The maximum atomic E-state index is 10.8. The van der Waals surface area contributed by atoms with Crippen LogP contribution in [0, 0.1) is 4.91 Å². The Morgan fingerprint density at radius 3 is 2.80 bits per heavy atom. The molecule has 0 amide bonds. The number of benzene rings is 1. The molecule has 0 aliphatic heterocycles. The molecule has 15 heavy (non-hydrogen) atoms. The Labute approximate surface area is 85.2 Å². The summed E-state index contributed by atoms with van der Waals surface area (Å²) in [5, 5.41) is 3.49. The second kappa shape index (κ2) is 3.53. The zero-order valence-corrected chi connectivity index (χ0v) is 8.01. The van der Waals surface area contributed by atoms with E-state index in [4.69, 9.17) is 4.74 Å². The van der Waals surface area contributed by atoms with Gasteiger partial charge < -0.3 is 4.74 Å². The average Bonchev–Trinajstić information content (AvgIpc) is 2.56. The van der Waals surface area contributed by atoms with Gasteiger partial charge >= 0.3 is 5.97 Å². The number of carbonyl (C=O) groups excluding carboxylic acids is 1. The molecule has 5 heteroatoms. The van der Waals surface area contributed by atoms with Gasteiger partial charge in [0.05, 0.1) is 17.0 Å². The minimum atomic E-state index is -0.427. The number of rotatable bonds is 2. The van der Waals surface area contributed by atoms with Crippen LogP contribution in [0.4, 0.5) is 0 Å². The van der Waals surface area contributed by atoms with Crippen molar-refractivity contribution >= 4 is 16.9 Å². The van der Waals surface area contributed by atoms with E-state index in [1.54, 1.807) is 24.3 Å². The number of nitroso groups, excluding NO2 is 1. The Kier molecular flexibility index (Phi) is 2.21. The third kappa shape index (κ3) is 1.59. The van der Waals surface area contributed by atoms with Crippen molar-refractivity contribution in [3.05, 3.63) is 35.4 Å². The third-order valence-corrected chi connectivity index (χ3v) is 2.00. The molecule has 0 fully saturated rings. The van der Waals surface area contributed by atoms with E-state index in [1.807, 2.05) is 0 Å². The molecule has 0 saturated carbocycles. The Morgan fingerprint density at radius 2 is 2.13 bits per heavy atom. The quantitative estimate of drug-likeness (QED) is 0.555. The minimum absolute atomic E-state index is 0.345. The highest BCUT2D eigenvalue weighted by molar-refractivity contribution is 5.89. The number of para-hydroxylation sites is 1. The van der Waals surface area contributed by atoms with E-state index in [-0.39, 0.29) is 0 Å². The van der Waals surface area contributed by atoms with E-state index in [2.05, 4.69) is 5.29 Å². The summed E-state index contributed by atoms with van der Waals surface area (Å²) in [6.45, 7) is 1.31. The lowest BCUT2D eigenvalue weighted by Gasteiger charge is -1.96. The molecule has 0 aliphatic rings. The van der Waals surface area contributed by atoms with Crippen molar-refractivity contribution in [1.82, 2.24) is 4.68 Å². The summed E-state index contributed by atoms with van der Waals surface area (Å²) in [5.41, 5.74) is 0.615. The zero-order valence-electron chi connectivity index (χ0n) is 8.01. The summed E-state index contributed by atoms with van der Waals surface area (Å²) in [6.07, 6.45) is 1.39. The summed E-state index contributed by atoms with van der Waals surface area (Å²) in [7, 11) is 0. The van der Waals surface area contributed by atoms with Crippen LogP contribution < -0.4 is 4.74 Å². The Balaban J connectivity index is 2.64. The average molecular weight is 204 g/mol. The first kappa shape index (κ1) is 9.39.